The van der Waals surface area contributed by atoms with Crippen LogP contribution < -0.4 is 0 Å². The molecule has 0 amide bonds. The predicted octanol–water partition coefficient (Wildman–Crippen LogP) is 0.506. The minimum absolute atomic E-state index is 0.0838. The van der Waals surface area contributed by atoms with Gasteiger partial charge in [-0.1, -0.05) is 0 Å². The van der Waals surface area contributed by atoms with Crippen molar-refractivity contribution in [3.05, 3.63) is 18.0 Å². The molecule has 4 nitrogen and oxygen atoms in total. The molecule has 0 unspecified atom stereocenters. The van der Waals surface area contributed by atoms with E-state index in [9.17, 15) is 4.79 Å². The maximum atomic E-state index is 10.8. The number of carbonyl (C=O) groups excluding carboxylic acids is 1. The fourth-order valence-corrected chi connectivity index (χ4v) is 0.577. The van der Waals surface area contributed by atoms with Crippen LogP contribution in [0.2, 0.25) is 0 Å². The first kappa shape index (κ1) is 6.49. The minimum atomic E-state index is -0.198. The van der Waals surface area contributed by atoms with Crippen LogP contribution in [0, 0.1) is 11.3 Å². The largest absolute Gasteiger partial charge is 0.293 e. The van der Waals surface area contributed by atoms with Gasteiger partial charge in [0, 0.05) is 6.20 Å². The molecule has 10 heavy (non-hydrogen) atoms. The van der Waals surface area contributed by atoms with E-state index < -0.39 is 0 Å². The van der Waals surface area contributed by atoms with Crippen LogP contribution in [0.3, 0.4) is 0 Å². The molecular weight excluding hydrogens is 130 g/mol. The number of ketones is 1. The zero-order valence-corrected chi connectivity index (χ0v) is 5.16. The molecule has 0 fully saturated rings. The van der Waals surface area contributed by atoms with E-state index in [0.29, 0.717) is 5.56 Å². The number of nitrogens with one attached hydrogen (secondary N) is 1. The summed E-state index contributed by atoms with van der Waals surface area (Å²) in [6, 6.07) is 1.76. The van der Waals surface area contributed by atoms with Crippen molar-refractivity contribution in [1.29, 1.82) is 5.26 Å². The molecule has 1 N–H and O–H groups in total. The Morgan fingerprint density at radius 2 is 2.70 bits per heavy atom. The third-order valence-electron chi connectivity index (χ3n) is 1.06. The highest BCUT2D eigenvalue weighted by atomic mass is 16.1. The van der Waals surface area contributed by atoms with Crippen molar-refractivity contribution in [3.63, 3.8) is 0 Å². The number of carbonyl (C=O) groups is 1. The summed E-state index contributed by atoms with van der Waals surface area (Å²) in [6.45, 7) is 0. The molecule has 1 heterocycles. The standard InChI is InChI=1S/C6H5N3O/c7-2-1-6(10)5-3-8-9-4-5/h3-4H,1H2,(H,8,9). The topological polar surface area (TPSA) is 69.5 Å². The molecule has 0 aliphatic carbocycles. The second-order valence-electron chi connectivity index (χ2n) is 1.75. The molecule has 0 bridgehead atoms. The Bertz CT molecular complexity index is 257. The van der Waals surface area contributed by atoms with Crippen molar-refractivity contribution in [3.8, 4) is 6.07 Å². The molecule has 0 aromatic carbocycles. The lowest BCUT2D eigenvalue weighted by atomic mass is 10.2. The minimum Gasteiger partial charge on any atom is -0.293 e. The Labute approximate surface area is 57.5 Å². The highest BCUT2D eigenvalue weighted by Gasteiger charge is 2.03. The van der Waals surface area contributed by atoms with Gasteiger partial charge in [0.05, 0.1) is 24.3 Å². The highest BCUT2D eigenvalue weighted by Crippen LogP contribution is 1.97. The van der Waals surface area contributed by atoms with Crippen LogP contribution in [0.25, 0.3) is 0 Å². The second kappa shape index (κ2) is 2.78. The lowest BCUT2D eigenvalue weighted by molar-refractivity contribution is 0.0998. The molecule has 1 rings (SSSR count). The maximum Gasteiger partial charge on any atom is 0.180 e. The predicted molar refractivity (Wildman–Crippen MR) is 33.1 cm³/mol. The maximum absolute atomic E-state index is 10.8. The van der Waals surface area contributed by atoms with E-state index in [2.05, 4.69) is 10.2 Å². The number of hydrogen-bond donors (Lipinski definition) is 1. The summed E-state index contributed by atoms with van der Waals surface area (Å²) in [4.78, 5) is 10.8. The van der Waals surface area contributed by atoms with Gasteiger partial charge in [-0.3, -0.25) is 9.89 Å². The number of aromatic nitrogens is 2. The van der Waals surface area contributed by atoms with E-state index in [1.165, 1.54) is 12.4 Å². The molecule has 1 aromatic rings. The van der Waals surface area contributed by atoms with Gasteiger partial charge in [-0.25, -0.2) is 0 Å². The average Bonchev–Trinajstić information content (AvgIpc) is 2.38. The van der Waals surface area contributed by atoms with Crippen LogP contribution in [0.1, 0.15) is 16.8 Å². The third-order valence-corrected chi connectivity index (χ3v) is 1.06. The number of H-pyrrole nitrogens is 1. The first-order valence-electron chi connectivity index (χ1n) is 2.73. The molecule has 0 atom stereocenters. The molecule has 50 valence electrons. The summed E-state index contributed by atoms with van der Waals surface area (Å²) in [5, 5.41) is 14.2. The molecule has 4 heteroatoms. The Balaban J connectivity index is 2.71. The zero-order valence-electron chi connectivity index (χ0n) is 5.16. The van der Waals surface area contributed by atoms with Crippen molar-refractivity contribution in [2.24, 2.45) is 0 Å². The van der Waals surface area contributed by atoms with Crippen LogP contribution in [-0.2, 0) is 0 Å². The molecule has 0 radical (unpaired) electrons. The third kappa shape index (κ3) is 1.20. The fourth-order valence-electron chi connectivity index (χ4n) is 0.577. The molecule has 0 aliphatic rings. The van der Waals surface area contributed by atoms with Gasteiger partial charge in [0.15, 0.2) is 5.78 Å². The summed E-state index contributed by atoms with van der Waals surface area (Å²) in [7, 11) is 0. The van der Waals surface area contributed by atoms with Crippen molar-refractivity contribution >= 4 is 5.78 Å². The second-order valence-corrected chi connectivity index (χ2v) is 1.75. The van der Waals surface area contributed by atoms with E-state index in [4.69, 9.17) is 5.26 Å². The fraction of sp³-hybridized carbons (Fsp3) is 0.167. The molecular formula is C6H5N3O. The molecule has 0 saturated heterocycles. The van der Waals surface area contributed by atoms with Gasteiger partial charge in [-0.05, 0) is 0 Å². The number of nitrogens with zero attached hydrogens (tertiary/aromatic N) is 2. The van der Waals surface area contributed by atoms with Crippen LogP contribution in [0.5, 0.6) is 0 Å². The Morgan fingerprint density at radius 1 is 1.90 bits per heavy atom. The number of nitriles is 1. The summed E-state index contributed by atoms with van der Waals surface area (Å²) >= 11 is 0. The summed E-state index contributed by atoms with van der Waals surface area (Å²) in [6.07, 6.45) is 2.79. The SMILES string of the molecule is N#CCC(=O)c1cn[nH]c1. The first-order valence-corrected chi connectivity index (χ1v) is 2.73. The van der Waals surface area contributed by atoms with Crippen molar-refractivity contribution in [1.82, 2.24) is 10.2 Å². The van der Waals surface area contributed by atoms with Gasteiger partial charge in [-0.15, -0.1) is 0 Å². The molecule has 0 spiro atoms. The quantitative estimate of drug-likeness (QED) is 0.600. The molecule has 0 aliphatic heterocycles. The average molecular weight is 135 g/mol. The van der Waals surface area contributed by atoms with E-state index in [1.54, 1.807) is 6.07 Å². The number of hydrogen-bond acceptors (Lipinski definition) is 3. The molecule has 0 saturated carbocycles. The smallest absolute Gasteiger partial charge is 0.180 e. The Hall–Kier alpha value is -1.63. The monoisotopic (exact) mass is 135 g/mol. The van der Waals surface area contributed by atoms with Gasteiger partial charge in [0.2, 0.25) is 0 Å². The number of Topliss-reactive ketones (excluding diaryl/α,β-unsaturated/α-hetero) is 1. The van der Waals surface area contributed by atoms with Crippen molar-refractivity contribution < 1.29 is 4.79 Å². The normalized spacial score (nSPS) is 8.70. The van der Waals surface area contributed by atoms with E-state index in [-0.39, 0.29) is 12.2 Å². The van der Waals surface area contributed by atoms with Crippen LogP contribution in [-0.4, -0.2) is 16.0 Å². The van der Waals surface area contributed by atoms with Gasteiger partial charge in [0.25, 0.3) is 0 Å². The van der Waals surface area contributed by atoms with Gasteiger partial charge in [-0.2, -0.15) is 10.4 Å². The Kier molecular flexibility index (Phi) is 1.80. The van der Waals surface area contributed by atoms with Crippen LogP contribution >= 0.6 is 0 Å². The Morgan fingerprint density at radius 3 is 3.20 bits per heavy atom. The first-order chi connectivity index (χ1) is 4.84. The number of rotatable bonds is 2. The van der Waals surface area contributed by atoms with Crippen molar-refractivity contribution in [2.45, 2.75) is 6.42 Å². The summed E-state index contributed by atoms with van der Waals surface area (Å²) in [5.74, 6) is -0.198. The van der Waals surface area contributed by atoms with Crippen molar-refractivity contribution in [2.75, 3.05) is 0 Å². The van der Waals surface area contributed by atoms with Crippen LogP contribution in [0.15, 0.2) is 12.4 Å². The van der Waals surface area contributed by atoms with Gasteiger partial charge >= 0.3 is 0 Å². The zero-order chi connectivity index (χ0) is 7.40. The highest BCUT2D eigenvalue weighted by molar-refractivity contribution is 5.96. The van der Waals surface area contributed by atoms with Crippen LogP contribution in [0.4, 0.5) is 0 Å². The lowest BCUT2D eigenvalue weighted by Crippen LogP contribution is -1.93. The van der Waals surface area contributed by atoms with E-state index in [1.807, 2.05) is 0 Å². The lowest BCUT2D eigenvalue weighted by Gasteiger charge is -1.83. The number of aromatic amines is 1. The van der Waals surface area contributed by atoms with Gasteiger partial charge < -0.3 is 0 Å². The summed E-state index contributed by atoms with van der Waals surface area (Å²) in [5.41, 5.74) is 0.460. The molecule has 1 aromatic heterocycles. The van der Waals surface area contributed by atoms with Gasteiger partial charge in [0.1, 0.15) is 0 Å². The van der Waals surface area contributed by atoms with E-state index in [0.717, 1.165) is 0 Å². The van der Waals surface area contributed by atoms with E-state index >= 15 is 0 Å². The summed E-state index contributed by atoms with van der Waals surface area (Å²) < 4.78 is 0.